The lowest BCUT2D eigenvalue weighted by molar-refractivity contribution is -0.143. The average molecular weight is 227 g/mol. The average Bonchev–Trinajstić information content (AvgIpc) is 2.68. The number of nitrogens with zero attached hydrogens (tertiary/aromatic N) is 2. The Kier molecular flexibility index (Phi) is 2.61. The molecule has 1 aliphatic carbocycles. The van der Waals surface area contributed by atoms with E-state index in [4.69, 9.17) is 11.6 Å². The van der Waals surface area contributed by atoms with Crippen molar-refractivity contribution in [1.29, 1.82) is 0 Å². The lowest BCUT2D eigenvalue weighted by Gasteiger charge is -2.23. The molecule has 0 radical (unpaired) electrons. The normalized spacial score (nSPS) is 19.0. The Balaban J connectivity index is 2.50. The van der Waals surface area contributed by atoms with Crippen LogP contribution in [0.25, 0.3) is 0 Å². The van der Waals surface area contributed by atoms with Crippen molar-refractivity contribution >= 4 is 17.6 Å². The van der Waals surface area contributed by atoms with Gasteiger partial charge in [0.2, 0.25) is 0 Å². The third-order valence-corrected chi connectivity index (χ3v) is 3.26. The van der Waals surface area contributed by atoms with E-state index in [9.17, 15) is 9.90 Å². The maximum Gasteiger partial charge on any atom is 0.315 e. The molecular weight excluding hydrogens is 216 g/mol. The highest BCUT2D eigenvalue weighted by Crippen LogP contribution is 2.42. The lowest BCUT2D eigenvalue weighted by atomic mass is 9.82. The van der Waals surface area contributed by atoms with Crippen molar-refractivity contribution in [2.24, 2.45) is 0 Å². The Morgan fingerprint density at radius 1 is 1.47 bits per heavy atom. The van der Waals surface area contributed by atoms with Crippen LogP contribution in [-0.4, -0.2) is 21.0 Å². The first-order valence-corrected chi connectivity index (χ1v) is 5.24. The molecule has 0 bridgehead atoms. The van der Waals surface area contributed by atoms with Gasteiger partial charge in [-0.3, -0.25) is 4.79 Å². The van der Waals surface area contributed by atoms with Crippen LogP contribution in [0, 0.1) is 0 Å². The lowest BCUT2D eigenvalue weighted by Crippen LogP contribution is -2.34. The summed E-state index contributed by atoms with van der Waals surface area (Å²) in [5, 5.41) is 9.67. The first-order chi connectivity index (χ1) is 7.17. The first-order valence-electron chi connectivity index (χ1n) is 4.86. The number of rotatable bonds is 2. The van der Waals surface area contributed by atoms with Gasteiger partial charge in [-0.2, -0.15) is 0 Å². The Hall–Kier alpha value is -1.16. The highest BCUT2D eigenvalue weighted by molar-refractivity contribution is 6.31. The SMILES string of the molecule is O=C(O)C1(c2ncncc2Cl)CCCC1. The molecule has 1 N–H and O–H groups in total. The number of carbonyl (C=O) groups is 1. The molecular formula is C10H11ClN2O2. The molecule has 0 spiro atoms. The Bertz CT molecular complexity index is 389. The minimum absolute atomic E-state index is 0.349. The summed E-state index contributed by atoms with van der Waals surface area (Å²) in [5.41, 5.74) is -0.427. The number of halogens is 1. The van der Waals surface area contributed by atoms with E-state index in [1.54, 1.807) is 0 Å². The molecule has 15 heavy (non-hydrogen) atoms. The molecule has 4 nitrogen and oxygen atoms in total. The van der Waals surface area contributed by atoms with E-state index in [1.807, 2.05) is 0 Å². The number of carboxylic acid groups (broad SMARTS) is 1. The predicted molar refractivity (Wildman–Crippen MR) is 54.8 cm³/mol. The van der Waals surface area contributed by atoms with E-state index in [1.165, 1.54) is 12.5 Å². The monoisotopic (exact) mass is 226 g/mol. The molecule has 0 amide bonds. The third-order valence-electron chi connectivity index (χ3n) is 2.99. The summed E-state index contributed by atoms with van der Waals surface area (Å²) in [6, 6.07) is 0. The Labute approximate surface area is 92.3 Å². The standard InChI is InChI=1S/C10H11ClN2O2/c11-7-5-12-6-13-8(7)10(9(14)15)3-1-2-4-10/h5-6H,1-4H2,(H,14,15). The number of aromatic nitrogens is 2. The van der Waals surface area contributed by atoms with Crippen LogP contribution < -0.4 is 0 Å². The molecule has 1 saturated carbocycles. The summed E-state index contributed by atoms with van der Waals surface area (Å²) < 4.78 is 0. The summed E-state index contributed by atoms with van der Waals surface area (Å²) in [5.74, 6) is -0.833. The number of carboxylic acids is 1. The fourth-order valence-electron chi connectivity index (χ4n) is 2.20. The first kappa shape index (κ1) is 10.4. The quantitative estimate of drug-likeness (QED) is 0.838. The van der Waals surface area contributed by atoms with Gasteiger partial charge in [-0.05, 0) is 12.8 Å². The van der Waals surface area contributed by atoms with Gasteiger partial charge in [-0.15, -0.1) is 0 Å². The fourth-order valence-corrected chi connectivity index (χ4v) is 2.48. The smallest absolute Gasteiger partial charge is 0.315 e. The summed E-state index contributed by atoms with van der Waals surface area (Å²) in [7, 11) is 0. The molecule has 1 heterocycles. The van der Waals surface area contributed by atoms with Crippen molar-refractivity contribution in [2.75, 3.05) is 0 Å². The van der Waals surface area contributed by atoms with Crippen molar-refractivity contribution < 1.29 is 9.90 Å². The van der Waals surface area contributed by atoms with Crippen molar-refractivity contribution in [3.8, 4) is 0 Å². The topological polar surface area (TPSA) is 63.1 Å². The van der Waals surface area contributed by atoms with Gasteiger partial charge in [-0.25, -0.2) is 9.97 Å². The van der Waals surface area contributed by atoms with Gasteiger partial charge in [0, 0.05) is 6.20 Å². The highest BCUT2D eigenvalue weighted by atomic mass is 35.5. The van der Waals surface area contributed by atoms with Crippen LogP contribution in [0.4, 0.5) is 0 Å². The largest absolute Gasteiger partial charge is 0.481 e. The second-order valence-electron chi connectivity index (χ2n) is 3.81. The molecule has 0 atom stereocenters. The molecule has 0 aromatic carbocycles. The molecule has 2 rings (SSSR count). The van der Waals surface area contributed by atoms with Gasteiger partial charge in [-0.1, -0.05) is 24.4 Å². The summed E-state index contributed by atoms with van der Waals surface area (Å²) >= 11 is 5.95. The van der Waals surface area contributed by atoms with Crippen LogP contribution in [0.2, 0.25) is 5.02 Å². The molecule has 1 fully saturated rings. The predicted octanol–water partition coefficient (Wildman–Crippen LogP) is 2.03. The van der Waals surface area contributed by atoms with Crippen molar-refractivity contribution in [3.63, 3.8) is 0 Å². The molecule has 0 saturated heterocycles. The maximum atomic E-state index is 11.4. The summed E-state index contributed by atoms with van der Waals surface area (Å²) in [4.78, 5) is 19.2. The van der Waals surface area contributed by atoms with Gasteiger partial charge < -0.3 is 5.11 Å². The third kappa shape index (κ3) is 1.59. The van der Waals surface area contributed by atoms with Crippen LogP contribution in [0.5, 0.6) is 0 Å². The van der Waals surface area contributed by atoms with Crippen molar-refractivity contribution in [2.45, 2.75) is 31.1 Å². The van der Waals surface area contributed by atoms with Crippen LogP contribution in [0.1, 0.15) is 31.4 Å². The minimum atomic E-state index is -0.889. The molecule has 0 aliphatic heterocycles. The van der Waals surface area contributed by atoms with E-state index in [0.717, 1.165) is 12.8 Å². The second kappa shape index (κ2) is 3.77. The minimum Gasteiger partial charge on any atom is -0.481 e. The van der Waals surface area contributed by atoms with Crippen molar-refractivity contribution in [1.82, 2.24) is 9.97 Å². The molecule has 80 valence electrons. The van der Waals surface area contributed by atoms with E-state index in [2.05, 4.69) is 9.97 Å². The van der Waals surface area contributed by atoms with Crippen LogP contribution >= 0.6 is 11.6 Å². The molecule has 1 aromatic heterocycles. The number of hydrogen-bond donors (Lipinski definition) is 1. The maximum absolute atomic E-state index is 11.4. The highest BCUT2D eigenvalue weighted by Gasteiger charge is 2.45. The van der Waals surface area contributed by atoms with E-state index in [0.29, 0.717) is 23.6 Å². The van der Waals surface area contributed by atoms with Gasteiger partial charge in [0.25, 0.3) is 0 Å². The van der Waals surface area contributed by atoms with Crippen molar-refractivity contribution in [3.05, 3.63) is 23.2 Å². The second-order valence-corrected chi connectivity index (χ2v) is 4.22. The van der Waals surface area contributed by atoms with E-state index < -0.39 is 11.4 Å². The zero-order valence-corrected chi connectivity index (χ0v) is 8.87. The number of aliphatic carboxylic acids is 1. The van der Waals surface area contributed by atoms with E-state index in [-0.39, 0.29) is 0 Å². The van der Waals surface area contributed by atoms with Gasteiger partial charge in [0.15, 0.2) is 0 Å². The molecule has 5 heteroatoms. The van der Waals surface area contributed by atoms with Crippen LogP contribution in [-0.2, 0) is 10.2 Å². The molecule has 1 aromatic rings. The zero-order chi connectivity index (χ0) is 10.9. The van der Waals surface area contributed by atoms with Crippen LogP contribution in [0.3, 0.4) is 0 Å². The summed E-state index contributed by atoms with van der Waals surface area (Å²) in [6.07, 6.45) is 5.84. The Morgan fingerprint density at radius 2 is 2.13 bits per heavy atom. The van der Waals surface area contributed by atoms with E-state index >= 15 is 0 Å². The van der Waals surface area contributed by atoms with Gasteiger partial charge in [0.1, 0.15) is 11.7 Å². The summed E-state index contributed by atoms with van der Waals surface area (Å²) in [6.45, 7) is 0. The zero-order valence-electron chi connectivity index (χ0n) is 8.11. The van der Waals surface area contributed by atoms with Gasteiger partial charge in [0.05, 0.1) is 10.7 Å². The van der Waals surface area contributed by atoms with Crippen LogP contribution in [0.15, 0.2) is 12.5 Å². The van der Waals surface area contributed by atoms with Gasteiger partial charge >= 0.3 is 5.97 Å². The Morgan fingerprint density at radius 3 is 2.67 bits per heavy atom. The fraction of sp³-hybridized carbons (Fsp3) is 0.500. The molecule has 1 aliphatic rings. The number of hydrogen-bond acceptors (Lipinski definition) is 3. The molecule has 0 unspecified atom stereocenters.